The number of rotatable bonds is 1. The second-order valence-corrected chi connectivity index (χ2v) is 5.86. The number of nitrogens with two attached hydrogens (primary N) is 1. The topological polar surface area (TPSA) is 43.1 Å². The molecule has 3 aromatic rings. The Morgan fingerprint density at radius 1 is 0.955 bits per heavy atom. The van der Waals surface area contributed by atoms with Crippen LogP contribution in [0.1, 0.15) is 29.9 Å². The normalized spacial score (nSPS) is 17.0. The molecule has 4 rings (SSSR count). The maximum atomic E-state index is 11.7. The van der Waals surface area contributed by atoms with Gasteiger partial charge in [-0.05, 0) is 51.9 Å². The minimum atomic E-state index is -0.198. The molecular weight excluding hydrogens is 333 g/mol. The van der Waals surface area contributed by atoms with E-state index in [0.29, 0.717) is 0 Å². The van der Waals surface area contributed by atoms with Crippen molar-refractivity contribution in [2.24, 2.45) is 5.73 Å². The van der Waals surface area contributed by atoms with Gasteiger partial charge in [0.1, 0.15) is 0 Å². The van der Waals surface area contributed by atoms with Crippen molar-refractivity contribution in [1.29, 1.82) is 0 Å². The number of benzene rings is 3. The molecule has 112 valence electrons. The third-order valence-electron chi connectivity index (χ3n) is 4.71. The van der Waals surface area contributed by atoms with Crippen LogP contribution in [0.2, 0.25) is 0 Å². The predicted octanol–water partition coefficient (Wildman–Crippen LogP) is 2.71. The monoisotopic (exact) mass is 353 g/mol. The van der Waals surface area contributed by atoms with E-state index in [1.165, 1.54) is 27.1 Å². The molecule has 2 N–H and O–H groups in total. The van der Waals surface area contributed by atoms with Crippen molar-refractivity contribution >= 4 is 45.4 Å². The molecule has 0 heterocycles. The number of aryl methyl sites for hydroxylation is 1. The van der Waals surface area contributed by atoms with Crippen molar-refractivity contribution in [2.45, 2.75) is 25.2 Å². The molecule has 1 aliphatic rings. The summed E-state index contributed by atoms with van der Waals surface area (Å²) in [5.74, 6) is -0.319. The summed E-state index contributed by atoms with van der Waals surface area (Å²) in [7, 11) is 0. The second kappa shape index (κ2) is 5.77. The van der Waals surface area contributed by atoms with Gasteiger partial charge in [-0.2, -0.15) is 0 Å². The average Bonchev–Trinajstić information content (AvgIpc) is 2.53. The fourth-order valence-corrected chi connectivity index (χ4v) is 3.71. The molecule has 0 saturated carbocycles. The molecule has 0 aliphatic heterocycles. The first-order chi connectivity index (χ1) is 10.3. The van der Waals surface area contributed by atoms with Crippen LogP contribution in [0.5, 0.6) is 0 Å². The van der Waals surface area contributed by atoms with E-state index in [-0.39, 0.29) is 29.8 Å². The molecule has 0 bridgehead atoms. The molecule has 1 aliphatic carbocycles. The molecule has 3 heteroatoms. The summed E-state index contributed by atoms with van der Waals surface area (Å²) in [6, 6.07) is 17.1. The van der Waals surface area contributed by atoms with E-state index >= 15 is 0 Å². The second-order valence-electron chi connectivity index (χ2n) is 5.86. The predicted molar refractivity (Wildman–Crippen MR) is 96.3 cm³/mol. The van der Waals surface area contributed by atoms with Gasteiger partial charge in [0.2, 0.25) is 5.91 Å². The van der Waals surface area contributed by atoms with Gasteiger partial charge in [0.25, 0.3) is 0 Å². The molecule has 0 fully saturated rings. The van der Waals surface area contributed by atoms with Crippen LogP contribution in [0, 0.1) is 0 Å². The quantitative estimate of drug-likeness (QED) is 0.531. The molecule has 0 aromatic heterocycles. The van der Waals surface area contributed by atoms with E-state index in [0.717, 1.165) is 24.8 Å². The Morgan fingerprint density at radius 2 is 1.73 bits per heavy atom. The summed E-state index contributed by atoms with van der Waals surface area (Å²) in [6.07, 6.45) is 2.95. The molecule has 3 aromatic carbocycles. The first kappa shape index (κ1) is 15.1. The molecule has 2 unspecified atom stereocenters. The minimum absolute atomic E-state index is 0. The fraction of sp³-hybridized carbons (Fsp3) is 0.211. The Bertz CT molecular complexity index is 872. The van der Waals surface area contributed by atoms with Crippen LogP contribution in [0.3, 0.4) is 0 Å². The van der Waals surface area contributed by atoms with Crippen LogP contribution in [-0.2, 0) is 11.2 Å². The third-order valence-corrected chi connectivity index (χ3v) is 4.71. The van der Waals surface area contributed by atoms with Crippen molar-refractivity contribution < 1.29 is 4.79 Å². The van der Waals surface area contributed by atoms with Gasteiger partial charge in [0, 0.05) is 0 Å². The molecule has 22 heavy (non-hydrogen) atoms. The molecule has 2 atom stereocenters. The Balaban J connectivity index is 0.00000144. The van der Waals surface area contributed by atoms with E-state index in [4.69, 9.17) is 5.73 Å². The zero-order valence-electron chi connectivity index (χ0n) is 12.5. The third kappa shape index (κ3) is 2.23. The summed E-state index contributed by atoms with van der Waals surface area (Å²) >= 11 is 0. The van der Waals surface area contributed by atoms with Crippen LogP contribution < -0.4 is 5.73 Å². The summed E-state index contributed by atoms with van der Waals surface area (Å²) in [6.45, 7) is 0. The van der Waals surface area contributed by atoms with Crippen LogP contribution >= 0.6 is 0 Å². The SMILES string of the molecule is NC(=O)C1CCCc2c1ccc1c2ccc2ccccc21.[AsH3]. The Kier molecular flexibility index (Phi) is 3.97. The molecule has 0 saturated heterocycles. The van der Waals surface area contributed by atoms with Crippen molar-refractivity contribution in [1.82, 2.24) is 0 Å². The van der Waals surface area contributed by atoms with E-state index in [1.54, 1.807) is 0 Å². The van der Waals surface area contributed by atoms with Crippen molar-refractivity contribution in [3.63, 3.8) is 0 Å². The standard InChI is InChI=1S/C19H17NO.AsH3/c20-19(21)18-7-3-6-14-16-9-8-12-4-1-2-5-13(12)15(16)10-11-17(14)18;/h1-2,4-5,8-11,18H,3,6-7H2,(H2,20,21);1H3. The van der Waals surface area contributed by atoms with Crippen LogP contribution in [0.15, 0.2) is 48.5 Å². The van der Waals surface area contributed by atoms with Gasteiger partial charge < -0.3 is 5.73 Å². The first-order valence-corrected chi connectivity index (χ1v) is 7.48. The molecular formula is C19H20AsNO. The summed E-state index contributed by atoms with van der Waals surface area (Å²) in [5.41, 5.74) is 8.03. The number of fused-ring (bicyclic) bond motifs is 5. The summed E-state index contributed by atoms with van der Waals surface area (Å²) < 4.78 is 0. The number of hydrogen-bond donors (Lipinski definition) is 1. The average molecular weight is 353 g/mol. The molecule has 0 spiro atoms. The van der Waals surface area contributed by atoms with Gasteiger partial charge in [-0.15, -0.1) is 0 Å². The Morgan fingerprint density at radius 3 is 2.55 bits per heavy atom. The zero-order valence-corrected chi connectivity index (χ0v) is 15.5. The van der Waals surface area contributed by atoms with Gasteiger partial charge in [0.15, 0.2) is 0 Å². The summed E-state index contributed by atoms with van der Waals surface area (Å²) in [4.78, 5) is 11.7. The van der Waals surface area contributed by atoms with Crippen LogP contribution in [0.4, 0.5) is 0 Å². The number of primary amides is 1. The van der Waals surface area contributed by atoms with Gasteiger partial charge in [-0.1, -0.05) is 48.5 Å². The van der Waals surface area contributed by atoms with E-state index < -0.39 is 0 Å². The number of hydrogen-bond acceptors (Lipinski definition) is 1. The van der Waals surface area contributed by atoms with Crippen molar-refractivity contribution in [3.8, 4) is 0 Å². The van der Waals surface area contributed by atoms with Gasteiger partial charge in [-0.25, -0.2) is 0 Å². The van der Waals surface area contributed by atoms with E-state index in [9.17, 15) is 4.79 Å². The fourth-order valence-electron chi connectivity index (χ4n) is 3.71. The Hall–Kier alpha value is -1.79. The van der Waals surface area contributed by atoms with Crippen LogP contribution in [0.25, 0.3) is 21.5 Å². The summed E-state index contributed by atoms with van der Waals surface area (Å²) in [5, 5.41) is 5.08. The molecule has 1 amide bonds. The number of amides is 1. The van der Waals surface area contributed by atoms with Gasteiger partial charge in [-0.3, -0.25) is 4.79 Å². The first-order valence-electron chi connectivity index (χ1n) is 7.48. The Labute approximate surface area is 141 Å². The zero-order chi connectivity index (χ0) is 14.4. The van der Waals surface area contributed by atoms with Crippen LogP contribution in [-0.4, -0.2) is 23.9 Å². The van der Waals surface area contributed by atoms with E-state index in [2.05, 4.69) is 48.5 Å². The van der Waals surface area contributed by atoms with Gasteiger partial charge >= 0.3 is 18.0 Å². The molecule has 2 nitrogen and oxygen atoms in total. The molecule has 0 radical (unpaired) electrons. The van der Waals surface area contributed by atoms with Gasteiger partial charge in [0.05, 0.1) is 5.92 Å². The maximum absolute atomic E-state index is 11.7. The van der Waals surface area contributed by atoms with Crippen molar-refractivity contribution in [2.75, 3.05) is 0 Å². The number of carbonyl (C=O) groups excluding carboxylic acids is 1. The number of carbonyl (C=O) groups is 1. The van der Waals surface area contributed by atoms with Crippen molar-refractivity contribution in [3.05, 3.63) is 59.7 Å². The van der Waals surface area contributed by atoms with E-state index in [1.807, 2.05) is 0 Å².